The Bertz CT molecular complexity index is 1080. The number of para-hydroxylation sites is 1. The number of thiophene rings is 2. The molecular weight excluding hydrogens is 372 g/mol. The van der Waals surface area contributed by atoms with Gasteiger partial charge in [0.25, 0.3) is 0 Å². The second-order valence-corrected chi connectivity index (χ2v) is 8.89. The maximum atomic E-state index is 13.2. The number of amides is 1. The van der Waals surface area contributed by atoms with Gasteiger partial charge in [-0.25, -0.2) is 0 Å². The van der Waals surface area contributed by atoms with Gasteiger partial charge in [0.2, 0.25) is 5.91 Å². The van der Waals surface area contributed by atoms with Crippen molar-refractivity contribution in [2.24, 2.45) is 0 Å². The molecule has 4 aromatic rings. The van der Waals surface area contributed by atoms with Gasteiger partial charge in [0.05, 0.1) is 6.04 Å². The summed E-state index contributed by atoms with van der Waals surface area (Å²) in [5, 5.41) is 5.48. The summed E-state index contributed by atoms with van der Waals surface area (Å²) < 4.78 is 0. The van der Waals surface area contributed by atoms with Gasteiger partial charge in [-0.3, -0.25) is 4.79 Å². The van der Waals surface area contributed by atoms with Crippen LogP contribution in [0, 0.1) is 0 Å². The Balaban J connectivity index is 1.39. The van der Waals surface area contributed by atoms with Crippen LogP contribution in [0.15, 0.2) is 59.4 Å². The van der Waals surface area contributed by atoms with Crippen LogP contribution in [-0.2, 0) is 17.6 Å². The first-order valence-corrected chi connectivity index (χ1v) is 11.0. The minimum Gasteiger partial charge on any atom is -0.361 e. The quantitative estimate of drug-likeness (QED) is 0.496. The lowest BCUT2D eigenvalue weighted by Crippen LogP contribution is -2.39. The van der Waals surface area contributed by atoms with Crippen LogP contribution in [-0.4, -0.2) is 22.3 Å². The highest BCUT2D eigenvalue weighted by molar-refractivity contribution is 7.10. The molecule has 0 saturated carbocycles. The summed E-state index contributed by atoms with van der Waals surface area (Å²) in [6.45, 7) is 0.808. The minimum atomic E-state index is 0.0791. The third-order valence-electron chi connectivity index (χ3n) is 5.38. The highest BCUT2D eigenvalue weighted by atomic mass is 32.1. The van der Waals surface area contributed by atoms with Crippen LogP contribution in [0.5, 0.6) is 0 Å². The van der Waals surface area contributed by atoms with Gasteiger partial charge in [-0.05, 0) is 52.9 Å². The van der Waals surface area contributed by atoms with Crippen LogP contribution in [0.1, 0.15) is 33.3 Å². The van der Waals surface area contributed by atoms with Gasteiger partial charge < -0.3 is 9.88 Å². The number of aryl methyl sites for hydroxylation is 1. The fourth-order valence-corrected chi connectivity index (χ4v) is 5.82. The average molecular weight is 393 g/mol. The molecule has 1 aliphatic rings. The molecule has 1 N–H and O–H groups in total. The molecule has 0 aliphatic carbocycles. The molecular formula is C22H20N2OS2. The molecule has 1 atom stereocenters. The van der Waals surface area contributed by atoms with E-state index in [1.807, 2.05) is 23.6 Å². The molecule has 0 fully saturated rings. The molecule has 1 unspecified atom stereocenters. The van der Waals surface area contributed by atoms with Crippen molar-refractivity contribution in [2.45, 2.75) is 25.3 Å². The van der Waals surface area contributed by atoms with Gasteiger partial charge >= 0.3 is 0 Å². The lowest BCUT2D eigenvalue weighted by Gasteiger charge is -2.35. The molecule has 1 aromatic carbocycles. The summed E-state index contributed by atoms with van der Waals surface area (Å²) in [4.78, 5) is 21.3. The molecule has 4 heterocycles. The first-order chi connectivity index (χ1) is 13.3. The van der Waals surface area contributed by atoms with E-state index in [1.165, 1.54) is 26.3 Å². The molecule has 1 amide bonds. The van der Waals surface area contributed by atoms with Gasteiger partial charge in [-0.1, -0.05) is 24.3 Å². The normalized spacial score (nSPS) is 16.6. The van der Waals surface area contributed by atoms with Gasteiger partial charge in [-0.15, -0.1) is 22.7 Å². The van der Waals surface area contributed by atoms with Crippen molar-refractivity contribution in [3.05, 3.63) is 80.3 Å². The number of aromatic amines is 1. The largest absolute Gasteiger partial charge is 0.361 e. The predicted octanol–water partition coefficient (Wildman–Crippen LogP) is 5.40. The molecule has 0 saturated heterocycles. The number of nitrogens with zero attached hydrogens (tertiary/aromatic N) is 1. The van der Waals surface area contributed by atoms with Crippen molar-refractivity contribution < 1.29 is 4.79 Å². The molecule has 136 valence electrons. The van der Waals surface area contributed by atoms with E-state index in [0.717, 1.165) is 24.9 Å². The van der Waals surface area contributed by atoms with Crippen molar-refractivity contribution >= 4 is 39.5 Å². The van der Waals surface area contributed by atoms with E-state index in [1.54, 1.807) is 11.3 Å². The summed E-state index contributed by atoms with van der Waals surface area (Å²) >= 11 is 3.56. The highest BCUT2D eigenvalue weighted by Crippen LogP contribution is 2.39. The fraction of sp³-hybridized carbons (Fsp3) is 0.227. The molecule has 1 aliphatic heterocycles. The van der Waals surface area contributed by atoms with Gasteiger partial charge in [0.15, 0.2) is 0 Å². The zero-order chi connectivity index (χ0) is 18.2. The van der Waals surface area contributed by atoms with E-state index in [9.17, 15) is 4.79 Å². The standard InChI is InChI=1S/C22H20N2OS2/c25-21(8-7-15-14-23-18-5-2-1-4-16(15)18)24-11-9-19-17(10-13-27-19)22(24)20-6-3-12-26-20/h1-6,10,12-14,22-23H,7-9,11H2. The number of fused-ring (bicyclic) bond motifs is 2. The van der Waals surface area contributed by atoms with E-state index in [4.69, 9.17) is 0 Å². The number of carbonyl (C=O) groups is 1. The predicted molar refractivity (Wildman–Crippen MR) is 113 cm³/mol. The third-order valence-corrected chi connectivity index (χ3v) is 7.30. The molecule has 0 spiro atoms. The second-order valence-electron chi connectivity index (χ2n) is 6.91. The Morgan fingerprint density at radius 3 is 2.93 bits per heavy atom. The number of carbonyl (C=O) groups excluding carboxylic acids is 1. The smallest absolute Gasteiger partial charge is 0.223 e. The van der Waals surface area contributed by atoms with Gasteiger partial charge in [0.1, 0.15) is 0 Å². The molecule has 5 rings (SSSR count). The van der Waals surface area contributed by atoms with Crippen molar-refractivity contribution in [1.82, 2.24) is 9.88 Å². The summed E-state index contributed by atoms with van der Waals surface area (Å²) in [6, 6.07) is 14.8. The Morgan fingerprint density at radius 1 is 1.11 bits per heavy atom. The Labute approximate surface area is 166 Å². The lowest BCUT2D eigenvalue weighted by atomic mass is 9.97. The third kappa shape index (κ3) is 3.01. The van der Waals surface area contributed by atoms with Crippen LogP contribution in [0.4, 0.5) is 0 Å². The van der Waals surface area contributed by atoms with Gasteiger partial charge in [0, 0.05) is 39.8 Å². The maximum Gasteiger partial charge on any atom is 0.223 e. The average Bonchev–Trinajstić information content (AvgIpc) is 3.45. The summed E-state index contributed by atoms with van der Waals surface area (Å²) in [6.07, 6.45) is 4.33. The minimum absolute atomic E-state index is 0.0791. The number of nitrogens with one attached hydrogen (secondary N) is 1. The molecule has 0 bridgehead atoms. The number of rotatable bonds is 4. The summed E-state index contributed by atoms with van der Waals surface area (Å²) in [5.74, 6) is 0.246. The first kappa shape index (κ1) is 16.8. The zero-order valence-electron chi connectivity index (χ0n) is 14.9. The van der Waals surface area contributed by atoms with E-state index < -0.39 is 0 Å². The van der Waals surface area contributed by atoms with Crippen LogP contribution >= 0.6 is 22.7 Å². The van der Waals surface area contributed by atoms with Crippen molar-refractivity contribution in [1.29, 1.82) is 0 Å². The Morgan fingerprint density at radius 2 is 2.04 bits per heavy atom. The lowest BCUT2D eigenvalue weighted by molar-refractivity contribution is -0.133. The Kier molecular flexibility index (Phi) is 4.34. The number of aromatic nitrogens is 1. The van der Waals surface area contributed by atoms with Crippen molar-refractivity contribution in [3.8, 4) is 0 Å². The number of hydrogen-bond acceptors (Lipinski definition) is 3. The highest BCUT2D eigenvalue weighted by Gasteiger charge is 2.33. The van der Waals surface area contributed by atoms with E-state index in [2.05, 4.69) is 57.0 Å². The molecule has 3 aromatic heterocycles. The zero-order valence-corrected chi connectivity index (χ0v) is 16.5. The summed E-state index contributed by atoms with van der Waals surface area (Å²) in [7, 11) is 0. The van der Waals surface area contributed by atoms with Crippen molar-refractivity contribution in [3.63, 3.8) is 0 Å². The SMILES string of the molecule is O=C(CCc1c[nH]c2ccccc12)N1CCc2sccc2C1c1cccs1. The van der Waals surface area contributed by atoms with Gasteiger partial charge in [-0.2, -0.15) is 0 Å². The van der Waals surface area contributed by atoms with Crippen molar-refractivity contribution in [2.75, 3.05) is 6.54 Å². The van der Waals surface area contributed by atoms with Crippen LogP contribution < -0.4 is 0 Å². The van der Waals surface area contributed by atoms with Crippen LogP contribution in [0.3, 0.4) is 0 Å². The number of hydrogen-bond donors (Lipinski definition) is 1. The molecule has 27 heavy (non-hydrogen) atoms. The first-order valence-electron chi connectivity index (χ1n) is 9.25. The topological polar surface area (TPSA) is 36.1 Å². The van der Waals surface area contributed by atoms with Crippen LogP contribution in [0.25, 0.3) is 10.9 Å². The van der Waals surface area contributed by atoms with Crippen LogP contribution in [0.2, 0.25) is 0 Å². The molecule has 3 nitrogen and oxygen atoms in total. The van der Waals surface area contributed by atoms with E-state index in [-0.39, 0.29) is 11.9 Å². The number of benzene rings is 1. The Hall–Kier alpha value is -2.37. The number of H-pyrrole nitrogens is 1. The molecule has 5 heteroatoms. The fourth-order valence-electron chi connectivity index (χ4n) is 4.06. The molecule has 0 radical (unpaired) electrons. The van der Waals surface area contributed by atoms with E-state index in [0.29, 0.717) is 6.42 Å². The van der Waals surface area contributed by atoms with E-state index >= 15 is 0 Å². The summed E-state index contributed by atoms with van der Waals surface area (Å²) in [5.41, 5.74) is 3.67. The second kappa shape index (κ2) is 6.98. The maximum absolute atomic E-state index is 13.2. The monoisotopic (exact) mass is 392 g/mol.